The number of unbranched alkanes of at least 4 members (excludes halogenated alkanes) is 11. The van der Waals surface area contributed by atoms with E-state index < -0.39 is 30.0 Å². The second-order valence-electron chi connectivity index (χ2n) is 9.35. The van der Waals surface area contributed by atoms with Crippen LogP contribution in [0.4, 0.5) is 13.2 Å². The van der Waals surface area contributed by atoms with E-state index in [4.69, 9.17) is 14.2 Å². The van der Waals surface area contributed by atoms with Crippen molar-refractivity contribution in [2.75, 3.05) is 13.7 Å². The van der Waals surface area contributed by atoms with Crippen molar-refractivity contribution in [3.63, 3.8) is 0 Å². The lowest BCUT2D eigenvalue weighted by Gasteiger charge is -2.27. The van der Waals surface area contributed by atoms with Crippen LogP contribution in [-0.4, -0.2) is 49.8 Å². The van der Waals surface area contributed by atoms with Crippen LogP contribution in [0.25, 0.3) is 0 Å². The lowest BCUT2D eigenvalue weighted by molar-refractivity contribution is -0.177. The Balaban J connectivity index is 2.35. The number of hydrogen-bond acceptors (Lipinski definition) is 4. The van der Waals surface area contributed by atoms with Gasteiger partial charge in [0.2, 0.25) is 0 Å². The molecule has 0 radical (unpaired) electrons. The van der Waals surface area contributed by atoms with Gasteiger partial charge in [-0.1, -0.05) is 84.0 Å². The SMILES string of the molecule is CCCCCCCCCCCCCC[C@H]1OC(C)(C)O[C@H]1[C@H](COC)NC(=O)C(F)(F)F. The molecule has 1 N–H and O–H groups in total. The number of ether oxygens (including phenoxy) is 3. The molecule has 1 saturated heterocycles. The van der Waals surface area contributed by atoms with E-state index in [-0.39, 0.29) is 12.7 Å². The Hall–Kier alpha value is -0.860. The van der Waals surface area contributed by atoms with E-state index in [1.165, 1.54) is 64.9 Å². The zero-order valence-electron chi connectivity index (χ0n) is 20.4. The number of rotatable bonds is 17. The highest BCUT2D eigenvalue weighted by atomic mass is 19.4. The van der Waals surface area contributed by atoms with Crippen LogP contribution in [0.5, 0.6) is 0 Å². The monoisotopic (exact) mass is 467 g/mol. The number of alkyl halides is 3. The van der Waals surface area contributed by atoms with Gasteiger partial charge in [-0.2, -0.15) is 13.2 Å². The van der Waals surface area contributed by atoms with Gasteiger partial charge in [-0.15, -0.1) is 0 Å². The van der Waals surface area contributed by atoms with Crippen LogP contribution in [0.3, 0.4) is 0 Å². The number of carbonyl (C=O) groups is 1. The number of methoxy groups -OCH3 is 1. The second kappa shape index (κ2) is 15.1. The van der Waals surface area contributed by atoms with Crippen molar-refractivity contribution in [1.82, 2.24) is 5.32 Å². The van der Waals surface area contributed by atoms with Crippen molar-refractivity contribution in [3.05, 3.63) is 0 Å². The van der Waals surface area contributed by atoms with Gasteiger partial charge in [0.25, 0.3) is 0 Å². The van der Waals surface area contributed by atoms with E-state index in [1.54, 1.807) is 13.8 Å². The van der Waals surface area contributed by atoms with Crippen molar-refractivity contribution in [2.45, 2.75) is 134 Å². The van der Waals surface area contributed by atoms with E-state index in [0.29, 0.717) is 6.42 Å². The van der Waals surface area contributed by atoms with Gasteiger partial charge in [0.05, 0.1) is 18.8 Å². The van der Waals surface area contributed by atoms with Crippen LogP contribution in [0.2, 0.25) is 0 Å². The van der Waals surface area contributed by atoms with E-state index in [1.807, 2.05) is 5.32 Å². The summed E-state index contributed by atoms with van der Waals surface area (Å²) in [6.07, 6.45) is 9.48. The average Bonchev–Trinajstić information content (AvgIpc) is 3.02. The predicted molar refractivity (Wildman–Crippen MR) is 119 cm³/mol. The fourth-order valence-electron chi connectivity index (χ4n) is 4.26. The third-order valence-corrected chi connectivity index (χ3v) is 5.88. The topological polar surface area (TPSA) is 56.8 Å². The number of nitrogens with one attached hydrogen (secondary N) is 1. The van der Waals surface area contributed by atoms with Gasteiger partial charge >= 0.3 is 12.1 Å². The summed E-state index contributed by atoms with van der Waals surface area (Å²) in [5.74, 6) is -2.90. The summed E-state index contributed by atoms with van der Waals surface area (Å²) in [5, 5.41) is 2.02. The summed E-state index contributed by atoms with van der Waals surface area (Å²) in [5.41, 5.74) is 0. The van der Waals surface area contributed by atoms with Crippen molar-refractivity contribution in [2.24, 2.45) is 0 Å². The Morgan fingerprint density at radius 2 is 1.44 bits per heavy atom. The van der Waals surface area contributed by atoms with Gasteiger partial charge in [0.15, 0.2) is 5.79 Å². The quantitative estimate of drug-likeness (QED) is 0.255. The van der Waals surface area contributed by atoms with Gasteiger partial charge in [-0.05, 0) is 20.3 Å². The third-order valence-electron chi connectivity index (χ3n) is 5.88. The standard InChI is InChI=1S/C24H44F3NO4/c1-5-6-7-8-9-10-11-12-13-14-15-16-17-20-21(32-23(2,3)31-20)19(18-30-4)28-22(29)24(25,26)27/h19-21H,5-18H2,1-4H3,(H,28,29)/t19-,20+,21-/m0/s1. The summed E-state index contributed by atoms with van der Waals surface area (Å²) < 4.78 is 55.0. The molecule has 0 spiro atoms. The Morgan fingerprint density at radius 3 is 1.91 bits per heavy atom. The molecule has 3 atom stereocenters. The summed E-state index contributed by atoms with van der Waals surface area (Å²) in [7, 11) is 1.38. The lowest BCUT2D eigenvalue weighted by Crippen LogP contribution is -2.53. The highest BCUT2D eigenvalue weighted by Gasteiger charge is 2.47. The van der Waals surface area contributed by atoms with E-state index in [0.717, 1.165) is 19.3 Å². The first kappa shape index (κ1) is 29.2. The smallest absolute Gasteiger partial charge is 0.382 e. The first-order valence-electron chi connectivity index (χ1n) is 12.3. The van der Waals surface area contributed by atoms with E-state index in [9.17, 15) is 18.0 Å². The molecule has 1 heterocycles. The zero-order valence-corrected chi connectivity index (χ0v) is 20.4. The Morgan fingerprint density at radius 1 is 0.938 bits per heavy atom. The van der Waals surface area contributed by atoms with Gasteiger partial charge in [-0.25, -0.2) is 0 Å². The summed E-state index contributed by atoms with van der Waals surface area (Å²) in [6, 6.07) is -0.932. The van der Waals surface area contributed by atoms with Crippen LogP contribution in [0.1, 0.15) is 104 Å². The summed E-state index contributed by atoms with van der Waals surface area (Å²) in [4.78, 5) is 11.5. The van der Waals surface area contributed by atoms with Gasteiger partial charge in [0.1, 0.15) is 6.10 Å². The minimum Gasteiger partial charge on any atom is -0.382 e. The molecule has 5 nitrogen and oxygen atoms in total. The first-order chi connectivity index (χ1) is 15.1. The molecular weight excluding hydrogens is 423 g/mol. The molecule has 0 aromatic carbocycles. The second-order valence-corrected chi connectivity index (χ2v) is 9.35. The zero-order chi connectivity index (χ0) is 24.0. The Kier molecular flexibility index (Phi) is 13.8. The predicted octanol–water partition coefficient (Wildman–Crippen LogP) is 6.29. The van der Waals surface area contributed by atoms with Crippen LogP contribution in [0, 0.1) is 0 Å². The largest absolute Gasteiger partial charge is 0.471 e. The van der Waals surface area contributed by atoms with Gasteiger partial charge in [-0.3, -0.25) is 4.79 Å². The highest BCUT2D eigenvalue weighted by Crippen LogP contribution is 2.33. The molecule has 1 rings (SSSR count). The maximum Gasteiger partial charge on any atom is 0.471 e. The first-order valence-corrected chi connectivity index (χ1v) is 12.3. The molecule has 8 heteroatoms. The number of hydrogen-bond donors (Lipinski definition) is 1. The number of halogens is 3. The molecule has 1 amide bonds. The maximum absolute atomic E-state index is 12.7. The van der Waals surface area contributed by atoms with Gasteiger partial charge in [0, 0.05) is 7.11 Å². The molecule has 0 aliphatic carbocycles. The molecule has 0 aromatic rings. The number of amides is 1. The fourth-order valence-corrected chi connectivity index (χ4v) is 4.26. The van der Waals surface area contributed by atoms with Gasteiger partial charge < -0.3 is 19.5 Å². The van der Waals surface area contributed by atoms with Crippen LogP contribution in [0.15, 0.2) is 0 Å². The molecule has 1 aliphatic rings. The number of carbonyl (C=O) groups excluding carboxylic acids is 1. The molecule has 0 bridgehead atoms. The molecule has 1 fully saturated rings. The van der Waals surface area contributed by atoms with Crippen molar-refractivity contribution in [1.29, 1.82) is 0 Å². The molecule has 0 saturated carbocycles. The molecule has 190 valence electrons. The molecular formula is C24H44F3NO4. The normalized spacial score (nSPS) is 21.6. The van der Waals surface area contributed by atoms with E-state index >= 15 is 0 Å². The Labute approximate surface area is 192 Å². The maximum atomic E-state index is 12.7. The molecule has 0 aromatic heterocycles. The summed E-state index contributed by atoms with van der Waals surface area (Å²) in [6.45, 7) is 5.62. The van der Waals surface area contributed by atoms with Crippen molar-refractivity contribution in [3.8, 4) is 0 Å². The minimum absolute atomic E-state index is 0.0825. The van der Waals surface area contributed by atoms with Crippen LogP contribution < -0.4 is 5.32 Å². The lowest BCUT2D eigenvalue weighted by atomic mass is 9.99. The summed E-state index contributed by atoms with van der Waals surface area (Å²) >= 11 is 0. The molecule has 1 aliphatic heterocycles. The van der Waals surface area contributed by atoms with Crippen LogP contribution in [-0.2, 0) is 19.0 Å². The molecule has 32 heavy (non-hydrogen) atoms. The average molecular weight is 468 g/mol. The Bertz CT molecular complexity index is 514. The van der Waals surface area contributed by atoms with E-state index in [2.05, 4.69) is 6.92 Å². The highest BCUT2D eigenvalue weighted by molar-refractivity contribution is 5.82. The minimum atomic E-state index is -4.95. The third kappa shape index (κ3) is 11.8. The molecule has 0 unspecified atom stereocenters. The fraction of sp³-hybridized carbons (Fsp3) is 0.958. The van der Waals surface area contributed by atoms with Crippen molar-refractivity contribution < 1.29 is 32.2 Å². The van der Waals surface area contributed by atoms with Crippen molar-refractivity contribution >= 4 is 5.91 Å². The van der Waals surface area contributed by atoms with Crippen LogP contribution >= 0.6 is 0 Å².